The SMILES string of the molecule is CC(C)[C@@H]1CN(c2ccc(Cl)cc2C(F)(F)F)CCO1. The maximum Gasteiger partial charge on any atom is 0.418 e. The monoisotopic (exact) mass is 307 g/mol. The molecule has 0 bridgehead atoms. The maximum atomic E-state index is 13.1. The largest absolute Gasteiger partial charge is 0.418 e. The van der Waals surface area contributed by atoms with Gasteiger partial charge in [0, 0.05) is 23.8 Å². The summed E-state index contributed by atoms with van der Waals surface area (Å²) in [5.74, 6) is 0.263. The van der Waals surface area contributed by atoms with Gasteiger partial charge >= 0.3 is 6.18 Å². The summed E-state index contributed by atoms with van der Waals surface area (Å²) in [7, 11) is 0. The van der Waals surface area contributed by atoms with Crippen LogP contribution in [0.3, 0.4) is 0 Å². The molecule has 20 heavy (non-hydrogen) atoms. The van der Waals surface area contributed by atoms with Crippen molar-refractivity contribution in [1.29, 1.82) is 0 Å². The van der Waals surface area contributed by atoms with Gasteiger partial charge in [0.05, 0.1) is 18.3 Å². The van der Waals surface area contributed by atoms with E-state index in [1.54, 1.807) is 4.90 Å². The second-order valence-corrected chi connectivity index (χ2v) is 5.69. The van der Waals surface area contributed by atoms with Crippen LogP contribution in [0.1, 0.15) is 19.4 Å². The van der Waals surface area contributed by atoms with Gasteiger partial charge in [0.25, 0.3) is 0 Å². The molecule has 0 amide bonds. The Morgan fingerprint density at radius 2 is 2.05 bits per heavy atom. The minimum atomic E-state index is -4.41. The van der Waals surface area contributed by atoms with Crippen LogP contribution < -0.4 is 4.90 Å². The number of rotatable bonds is 2. The lowest BCUT2D eigenvalue weighted by atomic mass is 10.0. The zero-order valence-electron chi connectivity index (χ0n) is 11.4. The number of anilines is 1. The molecule has 1 aliphatic heterocycles. The number of morpholine rings is 1. The molecule has 2 nitrogen and oxygen atoms in total. The van der Waals surface area contributed by atoms with E-state index in [0.717, 1.165) is 6.07 Å². The number of hydrogen-bond acceptors (Lipinski definition) is 2. The quantitative estimate of drug-likeness (QED) is 0.811. The molecule has 0 saturated carbocycles. The van der Waals surface area contributed by atoms with Crippen molar-refractivity contribution in [3.05, 3.63) is 28.8 Å². The Hall–Kier alpha value is -0.940. The summed E-state index contributed by atoms with van der Waals surface area (Å²) in [6, 6.07) is 3.91. The fraction of sp³-hybridized carbons (Fsp3) is 0.571. The summed E-state index contributed by atoms with van der Waals surface area (Å²) in [5, 5.41) is 0.0924. The Morgan fingerprint density at radius 1 is 1.35 bits per heavy atom. The molecule has 0 aromatic heterocycles. The van der Waals surface area contributed by atoms with E-state index in [2.05, 4.69) is 0 Å². The predicted octanol–water partition coefficient (Wildman–Crippen LogP) is 4.22. The van der Waals surface area contributed by atoms with E-state index in [1.165, 1.54) is 12.1 Å². The van der Waals surface area contributed by atoms with Gasteiger partial charge in [-0.1, -0.05) is 25.4 Å². The van der Waals surface area contributed by atoms with E-state index in [1.807, 2.05) is 13.8 Å². The second-order valence-electron chi connectivity index (χ2n) is 5.26. The first-order valence-electron chi connectivity index (χ1n) is 6.52. The van der Waals surface area contributed by atoms with Crippen LogP contribution in [0.25, 0.3) is 0 Å². The van der Waals surface area contributed by atoms with Crippen molar-refractivity contribution in [2.24, 2.45) is 5.92 Å². The number of hydrogen-bond donors (Lipinski definition) is 0. The number of nitrogens with zero attached hydrogens (tertiary/aromatic N) is 1. The average molecular weight is 308 g/mol. The van der Waals surface area contributed by atoms with Gasteiger partial charge in [-0.2, -0.15) is 13.2 Å². The fourth-order valence-corrected chi connectivity index (χ4v) is 2.48. The third-order valence-electron chi connectivity index (χ3n) is 3.44. The molecule has 0 radical (unpaired) electrons. The lowest BCUT2D eigenvalue weighted by Crippen LogP contribution is -2.45. The maximum absolute atomic E-state index is 13.1. The first-order valence-corrected chi connectivity index (χ1v) is 6.90. The van der Waals surface area contributed by atoms with Crippen molar-refractivity contribution >= 4 is 17.3 Å². The third-order valence-corrected chi connectivity index (χ3v) is 3.68. The van der Waals surface area contributed by atoms with Crippen LogP contribution in [0.15, 0.2) is 18.2 Å². The first-order chi connectivity index (χ1) is 9.29. The van der Waals surface area contributed by atoms with Gasteiger partial charge in [-0.05, 0) is 24.1 Å². The highest BCUT2D eigenvalue weighted by molar-refractivity contribution is 6.30. The van der Waals surface area contributed by atoms with E-state index in [0.29, 0.717) is 19.7 Å². The number of benzene rings is 1. The molecule has 0 unspecified atom stereocenters. The van der Waals surface area contributed by atoms with Gasteiger partial charge in [0.15, 0.2) is 0 Å². The second kappa shape index (κ2) is 5.82. The Labute approximate surface area is 121 Å². The molecular weight excluding hydrogens is 291 g/mol. The van der Waals surface area contributed by atoms with E-state index < -0.39 is 11.7 Å². The van der Waals surface area contributed by atoms with E-state index >= 15 is 0 Å². The highest BCUT2D eigenvalue weighted by atomic mass is 35.5. The zero-order valence-corrected chi connectivity index (χ0v) is 12.1. The van der Waals surface area contributed by atoms with Crippen molar-refractivity contribution < 1.29 is 17.9 Å². The first kappa shape index (κ1) is 15.4. The highest BCUT2D eigenvalue weighted by Gasteiger charge is 2.36. The van der Waals surface area contributed by atoms with Gasteiger partial charge in [0.2, 0.25) is 0 Å². The lowest BCUT2D eigenvalue weighted by Gasteiger charge is -2.37. The third kappa shape index (κ3) is 3.38. The fourth-order valence-electron chi connectivity index (χ4n) is 2.31. The molecule has 1 aromatic carbocycles. The summed E-state index contributed by atoms with van der Waals surface area (Å²) in [5.41, 5.74) is -0.509. The van der Waals surface area contributed by atoms with E-state index in [9.17, 15) is 13.2 Å². The van der Waals surface area contributed by atoms with Gasteiger partial charge in [-0.15, -0.1) is 0 Å². The van der Waals surface area contributed by atoms with Crippen molar-refractivity contribution in [3.63, 3.8) is 0 Å². The molecular formula is C14H17ClF3NO. The van der Waals surface area contributed by atoms with Crippen LogP contribution in [0.2, 0.25) is 5.02 Å². The average Bonchev–Trinajstić information content (AvgIpc) is 2.37. The van der Waals surface area contributed by atoms with Crippen LogP contribution in [-0.4, -0.2) is 25.8 Å². The number of alkyl halides is 3. The minimum absolute atomic E-state index is 0.0551. The summed E-state index contributed by atoms with van der Waals surface area (Å²) in [6.07, 6.45) is -4.47. The Balaban J connectivity index is 2.32. The van der Waals surface area contributed by atoms with Gasteiger partial charge in [-0.3, -0.25) is 0 Å². The van der Waals surface area contributed by atoms with Crippen LogP contribution in [0.4, 0.5) is 18.9 Å². The number of ether oxygens (including phenoxy) is 1. The molecule has 1 saturated heterocycles. The number of halogens is 4. The molecule has 6 heteroatoms. The molecule has 0 spiro atoms. The Morgan fingerprint density at radius 3 is 2.65 bits per heavy atom. The summed E-state index contributed by atoms with van der Waals surface area (Å²) >= 11 is 5.70. The predicted molar refractivity (Wildman–Crippen MR) is 73.2 cm³/mol. The normalized spacial score (nSPS) is 20.6. The van der Waals surface area contributed by atoms with Gasteiger partial charge in [0.1, 0.15) is 0 Å². The molecule has 1 fully saturated rings. The standard InChI is InChI=1S/C14H17ClF3NO/c1-9(2)13-8-19(5-6-20-13)12-4-3-10(15)7-11(12)14(16,17)18/h3-4,7,9,13H,5-6,8H2,1-2H3/t13-/m0/s1. The highest BCUT2D eigenvalue weighted by Crippen LogP contribution is 2.38. The van der Waals surface area contributed by atoms with Crippen molar-refractivity contribution in [2.75, 3.05) is 24.6 Å². The smallest absolute Gasteiger partial charge is 0.374 e. The molecule has 112 valence electrons. The minimum Gasteiger partial charge on any atom is -0.374 e. The molecule has 2 rings (SSSR count). The molecule has 1 atom stereocenters. The van der Waals surface area contributed by atoms with Crippen LogP contribution in [0, 0.1) is 5.92 Å². The van der Waals surface area contributed by atoms with Gasteiger partial charge < -0.3 is 9.64 Å². The zero-order chi connectivity index (χ0) is 14.9. The van der Waals surface area contributed by atoms with Crippen molar-refractivity contribution in [2.45, 2.75) is 26.1 Å². The van der Waals surface area contributed by atoms with E-state index in [-0.39, 0.29) is 22.7 Å². The van der Waals surface area contributed by atoms with Gasteiger partial charge in [-0.25, -0.2) is 0 Å². The summed E-state index contributed by atoms with van der Waals surface area (Å²) in [6.45, 7) is 5.35. The van der Waals surface area contributed by atoms with Crippen molar-refractivity contribution in [1.82, 2.24) is 0 Å². The molecule has 0 aliphatic carbocycles. The molecule has 1 aliphatic rings. The molecule has 0 N–H and O–H groups in total. The van der Waals surface area contributed by atoms with Crippen LogP contribution >= 0.6 is 11.6 Å². The molecule has 1 heterocycles. The van der Waals surface area contributed by atoms with Crippen LogP contribution in [-0.2, 0) is 10.9 Å². The topological polar surface area (TPSA) is 12.5 Å². The summed E-state index contributed by atoms with van der Waals surface area (Å²) in [4.78, 5) is 1.73. The summed E-state index contributed by atoms with van der Waals surface area (Å²) < 4.78 is 45.0. The van der Waals surface area contributed by atoms with E-state index in [4.69, 9.17) is 16.3 Å². The molecule has 1 aromatic rings. The van der Waals surface area contributed by atoms with Crippen LogP contribution in [0.5, 0.6) is 0 Å². The Bertz CT molecular complexity index is 476. The van der Waals surface area contributed by atoms with Crippen molar-refractivity contribution in [3.8, 4) is 0 Å². The Kier molecular flexibility index (Phi) is 4.49. The lowest BCUT2D eigenvalue weighted by molar-refractivity contribution is -0.137.